The number of amides is 2. The molecule has 0 aromatic heterocycles. The molecule has 0 aliphatic carbocycles. The third-order valence-corrected chi connectivity index (χ3v) is 0.652. The van der Waals surface area contributed by atoms with Crippen molar-refractivity contribution in [2.75, 3.05) is 13.7 Å². The lowest BCUT2D eigenvalue weighted by molar-refractivity contribution is -0.137. The zero-order chi connectivity index (χ0) is 9.98. The van der Waals surface area contributed by atoms with E-state index >= 15 is 0 Å². The van der Waals surface area contributed by atoms with Gasteiger partial charge in [-0.2, -0.15) is 0 Å². The van der Waals surface area contributed by atoms with Crippen molar-refractivity contribution in [1.29, 1.82) is 0 Å². The Hall–Kier alpha value is -1.70. The van der Waals surface area contributed by atoms with Crippen molar-refractivity contribution in [3.05, 3.63) is 0 Å². The van der Waals surface area contributed by atoms with Crippen LogP contribution in [0.3, 0.4) is 0 Å². The molecular formula is C7H12N2O3. The van der Waals surface area contributed by atoms with Crippen LogP contribution in [0.2, 0.25) is 0 Å². The highest BCUT2D eigenvalue weighted by molar-refractivity contribution is 5.71. The van der Waals surface area contributed by atoms with Gasteiger partial charge in [0.15, 0.2) is 0 Å². The largest absolute Gasteiger partial charge is 0.469 e. The lowest BCUT2D eigenvalue weighted by Gasteiger charge is -1.88. The molecule has 0 rings (SSSR count). The smallest absolute Gasteiger partial charge is 0.312 e. The predicted octanol–water partition coefficient (Wildman–Crippen LogP) is -0.533. The monoisotopic (exact) mass is 172 g/mol. The SMILES string of the molecule is C#CCNC(N)=O.COC(C)=O. The summed E-state index contributed by atoms with van der Waals surface area (Å²) < 4.78 is 4.11. The molecule has 0 saturated heterocycles. The highest BCUT2D eigenvalue weighted by Gasteiger charge is 1.81. The number of methoxy groups -OCH3 is 1. The first-order chi connectivity index (χ1) is 5.54. The Bertz CT molecular complexity index is 184. The van der Waals surface area contributed by atoms with Gasteiger partial charge in [0, 0.05) is 6.92 Å². The van der Waals surface area contributed by atoms with E-state index < -0.39 is 6.03 Å². The molecule has 5 nitrogen and oxygen atoms in total. The van der Waals surface area contributed by atoms with E-state index in [2.05, 4.69) is 21.7 Å². The Balaban J connectivity index is 0. The number of ether oxygens (including phenoxy) is 1. The fraction of sp³-hybridized carbons (Fsp3) is 0.429. The molecule has 0 bridgehead atoms. The second-order valence-electron chi connectivity index (χ2n) is 1.62. The molecule has 12 heavy (non-hydrogen) atoms. The van der Waals surface area contributed by atoms with Gasteiger partial charge in [-0.05, 0) is 0 Å². The zero-order valence-electron chi connectivity index (χ0n) is 7.09. The van der Waals surface area contributed by atoms with Gasteiger partial charge in [-0.1, -0.05) is 5.92 Å². The number of nitrogens with two attached hydrogens (primary N) is 1. The average molecular weight is 172 g/mol. The maximum atomic E-state index is 9.77. The van der Waals surface area contributed by atoms with Gasteiger partial charge < -0.3 is 15.8 Å². The van der Waals surface area contributed by atoms with Gasteiger partial charge in [0.2, 0.25) is 0 Å². The number of carbonyl (C=O) groups is 2. The van der Waals surface area contributed by atoms with Crippen LogP contribution in [0.1, 0.15) is 6.92 Å². The highest BCUT2D eigenvalue weighted by Crippen LogP contribution is 1.60. The van der Waals surface area contributed by atoms with Crippen LogP contribution in [0.5, 0.6) is 0 Å². The third-order valence-electron chi connectivity index (χ3n) is 0.652. The number of nitrogens with one attached hydrogen (secondary N) is 1. The van der Waals surface area contributed by atoms with Crippen LogP contribution in [-0.2, 0) is 9.53 Å². The maximum Gasteiger partial charge on any atom is 0.312 e. The molecular weight excluding hydrogens is 160 g/mol. The van der Waals surface area contributed by atoms with E-state index in [4.69, 9.17) is 6.42 Å². The molecule has 5 heteroatoms. The van der Waals surface area contributed by atoms with Crippen LogP contribution in [0.4, 0.5) is 4.79 Å². The number of hydrogen-bond acceptors (Lipinski definition) is 3. The Morgan fingerprint density at radius 3 is 2.17 bits per heavy atom. The molecule has 0 unspecified atom stereocenters. The summed E-state index contributed by atoms with van der Waals surface area (Å²) >= 11 is 0. The van der Waals surface area contributed by atoms with E-state index in [9.17, 15) is 9.59 Å². The van der Waals surface area contributed by atoms with Crippen molar-refractivity contribution < 1.29 is 14.3 Å². The van der Waals surface area contributed by atoms with Gasteiger partial charge in [0.25, 0.3) is 0 Å². The molecule has 0 aliphatic rings. The first kappa shape index (κ1) is 12.9. The summed E-state index contributed by atoms with van der Waals surface area (Å²) in [4.78, 5) is 19.4. The summed E-state index contributed by atoms with van der Waals surface area (Å²) in [6.07, 6.45) is 4.76. The molecule has 2 amide bonds. The lowest BCUT2D eigenvalue weighted by Crippen LogP contribution is -2.29. The fourth-order valence-electron chi connectivity index (χ4n) is 0.138. The number of terminal acetylenes is 1. The van der Waals surface area contributed by atoms with Crippen LogP contribution in [-0.4, -0.2) is 25.7 Å². The number of carbonyl (C=O) groups excluding carboxylic acids is 2. The van der Waals surface area contributed by atoms with Gasteiger partial charge in [0.1, 0.15) is 0 Å². The van der Waals surface area contributed by atoms with Gasteiger partial charge in [-0.3, -0.25) is 4.79 Å². The normalized spacial score (nSPS) is 6.75. The molecule has 0 atom stereocenters. The molecule has 0 spiro atoms. The number of primary amides is 1. The number of hydrogen-bond donors (Lipinski definition) is 2. The van der Waals surface area contributed by atoms with Crippen LogP contribution >= 0.6 is 0 Å². The predicted molar refractivity (Wildman–Crippen MR) is 44.1 cm³/mol. The molecule has 0 aliphatic heterocycles. The van der Waals surface area contributed by atoms with E-state index in [0.29, 0.717) is 0 Å². The van der Waals surface area contributed by atoms with Gasteiger partial charge >= 0.3 is 12.0 Å². The van der Waals surface area contributed by atoms with Gasteiger partial charge in [-0.15, -0.1) is 6.42 Å². The van der Waals surface area contributed by atoms with E-state index in [1.807, 2.05) is 0 Å². The van der Waals surface area contributed by atoms with Crippen LogP contribution in [0, 0.1) is 12.3 Å². The summed E-state index contributed by atoms with van der Waals surface area (Å²) in [7, 11) is 1.35. The summed E-state index contributed by atoms with van der Waals surface area (Å²) in [6, 6.07) is -0.585. The zero-order valence-corrected chi connectivity index (χ0v) is 7.09. The van der Waals surface area contributed by atoms with E-state index in [1.165, 1.54) is 14.0 Å². The van der Waals surface area contributed by atoms with Crippen molar-refractivity contribution in [2.24, 2.45) is 5.73 Å². The average Bonchev–Trinajstić information content (AvgIpc) is 2.02. The summed E-state index contributed by atoms with van der Waals surface area (Å²) in [5.74, 6) is 1.94. The molecule has 0 aromatic carbocycles. The maximum absolute atomic E-state index is 9.77. The molecule has 68 valence electrons. The minimum atomic E-state index is -0.585. The number of urea groups is 1. The van der Waals surface area contributed by atoms with Gasteiger partial charge in [-0.25, -0.2) is 4.79 Å². The van der Waals surface area contributed by atoms with Crippen molar-refractivity contribution >= 4 is 12.0 Å². The minimum absolute atomic E-state index is 0.204. The Morgan fingerprint density at radius 2 is 2.08 bits per heavy atom. The molecule has 3 N–H and O–H groups in total. The van der Waals surface area contributed by atoms with Crippen molar-refractivity contribution in [2.45, 2.75) is 6.92 Å². The van der Waals surface area contributed by atoms with Crippen molar-refractivity contribution in [3.63, 3.8) is 0 Å². The van der Waals surface area contributed by atoms with Gasteiger partial charge in [0.05, 0.1) is 13.7 Å². The van der Waals surface area contributed by atoms with E-state index in [0.717, 1.165) is 0 Å². The molecule has 0 fully saturated rings. The first-order valence-electron chi connectivity index (χ1n) is 3.06. The molecule has 0 radical (unpaired) electrons. The Morgan fingerprint density at radius 1 is 1.67 bits per heavy atom. The number of rotatable bonds is 1. The second-order valence-corrected chi connectivity index (χ2v) is 1.62. The van der Waals surface area contributed by atoms with Crippen LogP contribution in [0.25, 0.3) is 0 Å². The topological polar surface area (TPSA) is 81.4 Å². The minimum Gasteiger partial charge on any atom is -0.469 e. The van der Waals surface area contributed by atoms with E-state index in [-0.39, 0.29) is 12.5 Å². The number of esters is 1. The molecule has 0 aromatic rings. The van der Waals surface area contributed by atoms with Crippen LogP contribution in [0.15, 0.2) is 0 Å². The third kappa shape index (κ3) is 23.9. The summed E-state index contributed by atoms with van der Waals surface area (Å²) in [5.41, 5.74) is 4.63. The molecule has 0 saturated carbocycles. The Labute approximate surface area is 71.3 Å². The summed E-state index contributed by atoms with van der Waals surface area (Å²) in [5, 5.41) is 2.20. The molecule has 0 heterocycles. The highest BCUT2D eigenvalue weighted by atomic mass is 16.5. The quantitative estimate of drug-likeness (QED) is 0.412. The standard InChI is InChI=1S/C4H6N2O.C3H6O2/c1-2-3-6-4(5)7;1-3(4)5-2/h1H,3H2,(H3,5,6,7);1-2H3. The second kappa shape index (κ2) is 9.30. The Kier molecular flexibility index (Phi) is 10.0. The van der Waals surface area contributed by atoms with Crippen molar-refractivity contribution in [3.8, 4) is 12.3 Å². The fourth-order valence-corrected chi connectivity index (χ4v) is 0.138. The van der Waals surface area contributed by atoms with Crippen molar-refractivity contribution in [1.82, 2.24) is 5.32 Å². The lowest BCUT2D eigenvalue weighted by atomic mass is 10.7. The van der Waals surface area contributed by atoms with Crippen LogP contribution < -0.4 is 11.1 Å². The summed E-state index contributed by atoms with van der Waals surface area (Å²) in [6.45, 7) is 1.56. The van der Waals surface area contributed by atoms with E-state index in [1.54, 1.807) is 0 Å². The first-order valence-corrected chi connectivity index (χ1v) is 3.06.